The predicted octanol–water partition coefficient (Wildman–Crippen LogP) is 5.07. The maximum absolute atomic E-state index is 12.6. The van der Waals surface area contributed by atoms with E-state index in [9.17, 15) is 4.79 Å². The summed E-state index contributed by atoms with van der Waals surface area (Å²) in [5.41, 5.74) is 4.27. The molecule has 1 heterocycles. The van der Waals surface area contributed by atoms with Crippen LogP contribution in [0.4, 0.5) is 0 Å². The smallest absolute Gasteiger partial charge is 0.279 e. The van der Waals surface area contributed by atoms with Crippen LogP contribution in [-0.4, -0.2) is 10.5 Å². The third-order valence-corrected chi connectivity index (χ3v) is 5.39. The molecule has 130 valence electrons. The predicted molar refractivity (Wildman–Crippen MR) is 105 cm³/mol. The number of hydrogen-bond acceptors (Lipinski definition) is 2. The fourth-order valence-corrected chi connectivity index (χ4v) is 4.03. The topological polar surface area (TPSA) is 34.4 Å². The Morgan fingerprint density at radius 2 is 1.80 bits per heavy atom. The highest BCUT2D eigenvalue weighted by molar-refractivity contribution is 7.16. The van der Waals surface area contributed by atoms with E-state index in [0.717, 1.165) is 21.6 Å². The van der Waals surface area contributed by atoms with Crippen molar-refractivity contribution in [3.8, 4) is 0 Å². The lowest BCUT2D eigenvalue weighted by Gasteiger charge is -2.18. The summed E-state index contributed by atoms with van der Waals surface area (Å²) in [5, 5.41) is 0. The van der Waals surface area contributed by atoms with Crippen LogP contribution >= 0.6 is 11.3 Å². The van der Waals surface area contributed by atoms with E-state index < -0.39 is 0 Å². The Kier molecular flexibility index (Phi) is 4.65. The maximum atomic E-state index is 12.6. The molecule has 0 aliphatic rings. The summed E-state index contributed by atoms with van der Waals surface area (Å²) in [4.78, 5) is 17.8. The molecule has 1 amide bonds. The second-order valence-corrected chi connectivity index (χ2v) is 8.35. The Hall–Kier alpha value is -2.20. The standard InChI is InChI=1S/C21H24N2OS/c1-6-23-17-12-7-14(2)13-18(17)25-20(23)22-19(24)15-8-10-16(11-9-15)21(3,4)5/h7-13H,6H2,1-5H3. The maximum Gasteiger partial charge on any atom is 0.279 e. The van der Waals surface area contributed by atoms with Crippen molar-refractivity contribution in [2.24, 2.45) is 4.99 Å². The lowest BCUT2D eigenvalue weighted by molar-refractivity contribution is 0.0998. The SMILES string of the molecule is CCn1c(=NC(=O)c2ccc(C(C)(C)C)cc2)sc2cc(C)ccc21. The van der Waals surface area contributed by atoms with Gasteiger partial charge in [0.1, 0.15) is 0 Å². The van der Waals surface area contributed by atoms with Crippen LogP contribution in [0.1, 0.15) is 49.2 Å². The summed E-state index contributed by atoms with van der Waals surface area (Å²) in [6.07, 6.45) is 0. The Bertz CT molecular complexity index is 985. The molecule has 0 bridgehead atoms. The van der Waals surface area contributed by atoms with Crippen LogP contribution in [0, 0.1) is 6.92 Å². The number of aryl methyl sites for hydroxylation is 2. The highest BCUT2D eigenvalue weighted by Gasteiger charge is 2.14. The van der Waals surface area contributed by atoms with Gasteiger partial charge >= 0.3 is 0 Å². The molecular weight excluding hydrogens is 328 g/mol. The number of carbonyl (C=O) groups excluding carboxylic acids is 1. The third-order valence-electron chi connectivity index (χ3n) is 4.35. The minimum absolute atomic E-state index is 0.0767. The van der Waals surface area contributed by atoms with Crippen LogP contribution in [-0.2, 0) is 12.0 Å². The van der Waals surface area contributed by atoms with Gasteiger partial charge in [0.05, 0.1) is 10.2 Å². The number of hydrogen-bond donors (Lipinski definition) is 0. The average Bonchev–Trinajstić information content (AvgIpc) is 2.90. The monoisotopic (exact) mass is 352 g/mol. The van der Waals surface area contributed by atoms with E-state index in [2.05, 4.69) is 62.4 Å². The molecule has 0 saturated heterocycles. The van der Waals surface area contributed by atoms with Gasteiger partial charge in [-0.15, -0.1) is 0 Å². The Labute approximate surface area is 152 Å². The van der Waals surface area contributed by atoms with Crippen LogP contribution in [0.25, 0.3) is 10.2 Å². The molecular formula is C21H24N2OS. The molecule has 3 nitrogen and oxygen atoms in total. The molecule has 0 radical (unpaired) electrons. The van der Waals surface area contributed by atoms with Gasteiger partial charge in [-0.25, -0.2) is 0 Å². The van der Waals surface area contributed by atoms with Crippen molar-refractivity contribution in [1.82, 2.24) is 4.57 Å². The van der Waals surface area contributed by atoms with Crippen molar-refractivity contribution in [2.45, 2.75) is 46.6 Å². The summed E-state index contributed by atoms with van der Waals surface area (Å²) in [7, 11) is 0. The van der Waals surface area contributed by atoms with Gasteiger partial charge in [0.25, 0.3) is 5.91 Å². The molecule has 3 aromatic rings. The molecule has 4 heteroatoms. The molecule has 0 aliphatic carbocycles. The molecule has 0 fully saturated rings. The molecule has 2 aromatic carbocycles. The molecule has 3 rings (SSSR count). The first kappa shape index (κ1) is 17.6. The molecule has 0 atom stereocenters. The molecule has 25 heavy (non-hydrogen) atoms. The number of benzene rings is 2. The van der Waals surface area contributed by atoms with Gasteiger partial charge < -0.3 is 4.57 Å². The van der Waals surface area contributed by atoms with E-state index in [1.54, 1.807) is 11.3 Å². The first-order valence-corrected chi connectivity index (χ1v) is 9.41. The van der Waals surface area contributed by atoms with Crippen LogP contribution in [0.2, 0.25) is 0 Å². The zero-order valence-electron chi connectivity index (χ0n) is 15.5. The lowest BCUT2D eigenvalue weighted by atomic mass is 9.87. The fraction of sp³-hybridized carbons (Fsp3) is 0.333. The van der Waals surface area contributed by atoms with Crippen LogP contribution in [0.15, 0.2) is 47.5 Å². The summed E-state index contributed by atoms with van der Waals surface area (Å²) < 4.78 is 3.26. The first-order valence-electron chi connectivity index (χ1n) is 8.59. The minimum Gasteiger partial charge on any atom is -0.317 e. The van der Waals surface area contributed by atoms with Crippen molar-refractivity contribution in [3.63, 3.8) is 0 Å². The van der Waals surface area contributed by atoms with Gasteiger partial charge in [-0.05, 0) is 54.7 Å². The quantitative estimate of drug-likeness (QED) is 0.634. The van der Waals surface area contributed by atoms with Crippen molar-refractivity contribution in [2.75, 3.05) is 0 Å². The molecule has 0 aliphatic heterocycles. The summed E-state index contributed by atoms with van der Waals surface area (Å²) in [6, 6.07) is 14.1. The van der Waals surface area contributed by atoms with Gasteiger partial charge in [-0.2, -0.15) is 4.99 Å². The third kappa shape index (κ3) is 3.59. The van der Waals surface area contributed by atoms with Crippen LogP contribution in [0.3, 0.4) is 0 Å². The second-order valence-electron chi connectivity index (χ2n) is 7.34. The molecule has 1 aromatic heterocycles. The second kappa shape index (κ2) is 6.60. The first-order chi connectivity index (χ1) is 11.8. The van der Waals surface area contributed by atoms with Gasteiger partial charge in [-0.3, -0.25) is 4.79 Å². The van der Waals surface area contributed by atoms with Crippen LogP contribution in [0.5, 0.6) is 0 Å². The minimum atomic E-state index is -0.189. The Balaban J connectivity index is 2.02. The molecule has 0 spiro atoms. The zero-order chi connectivity index (χ0) is 18.2. The normalized spacial score (nSPS) is 12.8. The highest BCUT2D eigenvalue weighted by atomic mass is 32.1. The van der Waals surface area contributed by atoms with Gasteiger partial charge in [0, 0.05) is 12.1 Å². The number of fused-ring (bicyclic) bond motifs is 1. The van der Waals surface area contributed by atoms with Gasteiger partial charge in [0.2, 0.25) is 0 Å². The summed E-state index contributed by atoms with van der Waals surface area (Å²) >= 11 is 1.57. The molecule has 0 N–H and O–H groups in total. The lowest BCUT2D eigenvalue weighted by Crippen LogP contribution is -2.16. The Morgan fingerprint density at radius 1 is 1.12 bits per heavy atom. The van der Waals surface area contributed by atoms with Gasteiger partial charge in [0.15, 0.2) is 4.80 Å². The molecule has 0 unspecified atom stereocenters. The van der Waals surface area contributed by atoms with E-state index >= 15 is 0 Å². The van der Waals surface area contributed by atoms with Crippen molar-refractivity contribution in [1.29, 1.82) is 0 Å². The number of nitrogens with zero attached hydrogens (tertiary/aromatic N) is 2. The number of amides is 1. The fourth-order valence-electron chi connectivity index (χ4n) is 2.84. The highest BCUT2D eigenvalue weighted by Crippen LogP contribution is 2.22. The van der Waals surface area contributed by atoms with Crippen molar-refractivity contribution < 1.29 is 4.79 Å². The number of rotatable bonds is 2. The largest absolute Gasteiger partial charge is 0.317 e. The van der Waals surface area contributed by atoms with E-state index in [-0.39, 0.29) is 11.3 Å². The van der Waals surface area contributed by atoms with Crippen molar-refractivity contribution in [3.05, 3.63) is 64.0 Å². The van der Waals surface area contributed by atoms with E-state index in [4.69, 9.17) is 0 Å². The van der Waals surface area contributed by atoms with E-state index in [1.165, 1.54) is 11.1 Å². The number of aromatic nitrogens is 1. The van der Waals surface area contributed by atoms with Gasteiger partial charge in [-0.1, -0.05) is 50.3 Å². The molecule has 0 saturated carbocycles. The summed E-state index contributed by atoms with van der Waals surface area (Å²) in [6.45, 7) is 11.4. The van der Waals surface area contributed by atoms with E-state index in [0.29, 0.717) is 5.56 Å². The zero-order valence-corrected chi connectivity index (χ0v) is 16.3. The average molecular weight is 353 g/mol. The van der Waals surface area contributed by atoms with Crippen LogP contribution < -0.4 is 4.80 Å². The number of thiazole rings is 1. The summed E-state index contributed by atoms with van der Waals surface area (Å²) in [5.74, 6) is -0.189. The van der Waals surface area contributed by atoms with E-state index in [1.807, 2.05) is 24.3 Å². The van der Waals surface area contributed by atoms with Crippen molar-refractivity contribution >= 4 is 27.5 Å². The number of carbonyl (C=O) groups is 1. The Morgan fingerprint density at radius 3 is 2.40 bits per heavy atom.